The molecule has 2 amide bonds. The Kier molecular flexibility index (Phi) is 7.68. The van der Waals surface area contributed by atoms with Crippen LogP contribution in [0.2, 0.25) is 0 Å². The highest BCUT2D eigenvalue weighted by Crippen LogP contribution is 2.39. The van der Waals surface area contributed by atoms with Gasteiger partial charge in [-0.3, -0.25) is 14.7 Å². The van der Waals surface area contributed by atoms with Gasteiger partial charge in [0.25, 0.3) is 0 Å². The first-order chi connectivity index (χ1) is 18.4. The van der Waals surface area contributed by atoms with E-state index in [-0.39, 0.29) is 17.7 Å². The van der Waals surface area contributed by atoms with Crippen LogP contribution >= 0.6 is 11.8 Å². The molecule has 0 spiro atoms. The number of hydrogen-bond acceptors (Lipinski definition) is 9. The highest BCUT2D eigenvalue weighted by atomic mass is 32.2. The van der Waals surface area contributed by atoms with E-state index in [0.717, 1.165) is 29.1 Å². The molecule has 11 nitrogen and oxygen atoms in total. The molecule has 3 aromatic rings. The molecule has 0 radical (unpaired) electrons. The van der Waals surface area contributed by atoms with Gasteiger partial charge in [-0.1, -0.05) is 0 Å². The highest BCUT2D eigenvalue weighted by Gasteiger charge is 2.29. The van der Waals surface area contributed by atoms with Gasteiger partial charge in [-0.2, -0.15) is 5.10 Å². The number of hydrogen-bond donors (Lipinski definition) is 3. The van der Waals surface area contributed by atoms with Crippen molar-refractivity contribution in [3.05, 3.63) is 36.0 Å². The predicted octanol–water partition coefficient (Wildman–Crippen LogP) is 3.82. The predicted molar refractivity (Wildman–Crippen MR) is 146 cm³/mol. The van der Waals surface area contributed by atoms with Gasteiger partial charge >= 0.3 is 0 Å². The summed E-state index contributed by atoms with van der Waals surface area (Å²) in [6.07, 6.45) is 1.93. The molecule has 0 bridgehead atoms. The summed E-state index contributed by atoms with van der Waals surface area (Å²) < 4.78 is 6.06. The molecule has 2 aromatic heterocycles. The topological polar surface area (TPSA) is 128 Å². The van der Waals surface area contributed by atoms with Crippen molar-refractivity contribution in [2.24, 2.45) is 5.92 Å². The summed E-state index contributed by atoms with van der Waals surface area (Å²) in [7, 11) is 0. The third-order valence-electron chi connectivity index (χ3n) is 6.37. The van der Waals surface area contributed by atoms with Crippen molar-refractivity contribution in [2.75, 3.05) is 48.3 Å². The minimum Gasteiger partial charge on any atom is -0.487 e. The third-order valence-corrected chi connectivity index (χ3v) is 7.24. The second-order valence-corrected chi connectivity index (χ2v) is 10.4. The first-order valence-electron chi connectivity index (χ1n) is 12.8. The zero-order valence-electron chi connectivity index (χ0n) is 21.8. The maximum atomic E-state index is 12.1. The van der Waals surface area contributed by atoms with Gasteiger partial charge in [-0.05, 0) is 62.7 Å². The van der Waals surface area contributed by atoms with Crippen molar-refractivity contribution in [3.8, 4) is 5.75 Å². The average molecular weight is 537 g/mol. The van der Waals surface area contributed by atoms with Crippen molar-refractivity contribution >= 4 is 46.7 Å². The molecule has 200 valence electrons. The molecule has 5 rings (SSSR count). The van der Waals surface area contributed by atoms with Crippen LogP contribution < -0.4 is 20.3 Å². The molecular weight excluding hydrogens is 504 g/mol. The Hall–Kier alpha value is -3.80. The first-order valence-corrected chi connectivity index (χ1v) is 13.6. The number of piperazine rings is 1. The number of carbonyl (C=O) groups excluding carboxylic acids is 2. The van der Waals surface area contributed by atoms with E-state index in [9.17, 15) is 9.59 Å². The maximum Gasteiger partial charge on any atom is 0.227 e. The fourth-order valence-corrected chi connectivity index (χ4v) is 4.93. The lowest BCUT2D eigenvalue weighted by Crippen LogP contribution is -2.48. The summed E-state index contributed by atoms with van der Waals surface area (Å²) in [6, 6.07) is 9.57. The van der Waals surface area contributed by atoms with Crippen LogP contribution in [-0.2, 0) is 9.59 Å². The van der Waals surface area contributed by atoms with Crippen molar-refractivity contribution < 1.29 is 14.3 Å². The summed E-state index contributed by atoms with van der Waals surface area (Å²) in [6.45, 7) is 8.39. The van der Waals surface area contributed by atoms with Crippen LogP contribution in [0, 0.1) is 12.8 Å². The smallest absolute Gasteiger partial charge is 0.227 e. The third kappa shape index (κ3) is 6.18. The number of amides is 2. The van der Waals surface area contributed by atoms with Gasteiger partial charge in [0.15, 0.2) is 22.6 Å². The van der Waals surface area contributed by atoms with Gasteiger partial charge in [0.2, 0.25) is 17.6 Å². The summed E-state index contributed by atoms with van der Waals surface area (Å²) in [4.78, 5) is 38.5. The van der Waals surface area contributed by atoms with Crippen molar-refractivity contribution in [3.63, 3.8) is 0 Å². The zero-order valence-corrected chi connectivity index (χ0v) is 22.6. The summed E-state index contributed by atoms with van der Waals surface area (Å²) in [5.41, 5.74) is 1.70. The first kappa shape index (κ1) is 25.8. The van der Waals surface area contributed by atoms with E-state index in [1.165, 1.54) is 11.8 Å². The number of ether oxygens (including phenoxy) is 1. The van der Waals surface area contributed by atoms with Crippen LogP contribution in [-0.4, -0.2) is 69.7 Å². The van der Waals surface area contributed by atoms with E-state index >= 15 is 0 Å². The lowest BCUT2D eigenvalue weighted by atomic mass is 10.3. The number of aromatic amines is 1. The number of benzene rings is 1. The van der Waals surface area contributed by atoms with Gasteiger partial charge in [0.1, 0.15) is 0 Å². The van der Waals surface area contributed by atoms with E-state index in [1.54, 1.807) is 6.92 Å². The van der Waals surface area contributed by atoms with Crippen LogP contribution in [0.3, 0.4) is 0 Å². The number of H-pyrrole nitrogens is 1. The second kappa shape index (κ2) is 11.3. The summed E-state index contributed by atoms with van der Waals surface area (Å²) in [5, 5.41) is 14.0. The molecule has 1 aliphatic heterocycles. The Balaban J connectivity index is 1.43. The lowest BCUT2D eigenvalue weighted by molar-refractivity contribution is -0.129. The minimum absolute atomic E-state index is 0.0710. The van der Waals surface area contributed by atoms with Crippen LogP contribution in [0.5, 0.6) is 5.75 Å². The molecule has 12 heteroatoms. The van der Waals surface area contributed by atoms with E-state index in [4.69, 9.17) is 14.7 Å². The molecule has 0 atom stereocenters. The SMILES string of the molecule is CCOc1c(Nc2cc(C)[nH]n2)nc(Sc2ccc(NC(=O)C3CC3)cc2)nc1N1CCN(C(C)=O)CC1. The number of aryl methyl sites for hydroxylation is 1. The fourth-order valence-electron chi connectivity index (χ4n) is 4.18. The van der Waals surface area contributed by atoms with Crippen molar-refractivity contribution in [1.82, 2.24) is 25.1 Å². The van der Waals surface area contributed by atoms with E-state index in [2.05, 4.69) is 25.7 Å². The number of aromatic nitrogens is 4. The molecule has 1 aliphatic carbocycles. The number of nitrogens with one attached hydrogen (secondary N) is 3. The molecule has 3 N–H and O–H groups in total. The van der Waals surface area contributed by atoms with Gasteiger partial charge in [0.05, 0.1) is 6.61 Å². The highest BCUT2D eigenvalue weighted by molar-refractivity contribution is 7.99. The van der Waals surface area contributed by atoms with Gasteiger partial charge in [0, 0.05) is 61.4 Å². The Morgan fingerprint density at radius 1 is 1.13 bits per heavy atom. The standard InChI is InChI=1S/C26H32N8O3S/c1-4-37-22-23(28-21-15-16(2)31-32-21)29-26(30-24(22)34-13-11-33(12-14-34)17(3)35)38-20-9-7-19(8-10-20)27-25(36)18-5-6-18/h7-10,15,18H,4-6,11-14H2,1-3H3,(H,27,36)(H2,28,29,30,31,32). The molecule has 1 saturated heterocycles. The molecule has 2 aliphatic rings. The summed E-state index contributed by atoms with van der Waals surface area (Å²) >= 11 is 1.42. The lowest BCUT2D eigenvalue weighted by Gasteiger charge is -2.35. The Morgan fingerprint density at radius 2 is 1.87 bits per heavy atom. The molecule has 1 saturated carbocycles. The molecule has 2 fully saturated rings. The van der Waals surface area contributed by atoms with Gasteiger partial charge < -0.3 is 25.2 Å². The molecule has 1 aromatic carbocycles. The van der Waals surface area contributed by atoms with E-state index in [1.807, 2.05) is 49.1 Å². The Bertz CT molecular complexity index is 1300. The summed E-state index contributed by atoms with van der Waals surface area (Å²) in [5.74, 6) is 2.68. The van der Waals surface area contributed by atoms with E-state index in [0.29, 0.717) is 61.1 Å². The fraction of sp³-hybridized carbons (Fsp3) is 0.423. The van der Waals surface area contributed by atoms with E-state index < -0.39 is 0 Å². The monoisotopic (exact) mass is 536 g/mol. The molecular formula is C26H32N8O3S. The number of carbonyl (C=O) groups is 2. The molecule has 38 heavy (non-hydrogen) atoms. The number of rotatable bonds is 9. The number of nitrogens with zero attached hydrogens (tertiary/aromatic N) is 5. The normalized spacial score (nSPS) is 15.3. The quantitative estimate of drug-likeness (QED) is 0.350. The van der Waals surface area contributed by atoms with Crippen LogP contribution in [0.4, 0.5) is 23.1 Å². The van der Waals surface area contributed by atoms with Gasteiger partial charge in [-0.25, -0.2) is 9.97 Å². The second-order valence-electron chi connectivity index (χ2n) is 9.38. The van der Waals surface area contributed by atoms with Gasteiger partial charge in [-0.15, -0.1) is 0 Å². The maximum absolute atomic E-state index is 12.1. The van der Waals surface area contributed by atoms with Crippen molar-refractivity contribution in [2.45, 2.75) is 43.7 Å². The Morgan fingerprint density at radius 3 is 2.47 bits per heavy atom. The van der Waals surface area contributed by atoms with Crippen LogP contribution in [0.25, 0.3) is 0 Å². The Labute approximate surface area is 225 Å². The van der Waals surface area contributed by atoms with Crippen LogP contribution in [0.15, 0.2) is 40.4 Å². The average Bonchev–Trinajstić information content (AvgIpc) is 3.68. The molecule has 0 unspecified atom stereocenters. The number of anilines is 4. The minimum atomic E-state index is 0.0710. The van der Waals surface area contributed by atoms with Crippen molar-refractivity contribution in [1.29, 1.82) is 0 Å². The molecule has 3 heterocycles. The zero-order chi connectivity index (χ0) is 26.6. The van der Waals surface area contributed by atoms with Crippen LogP contribution in [0.1, 0.15) is 32.4 Å². The largest absolute Gasteiger partial charge is 0.487 e.